The van der Waals surface area contributed by atoms with Crippen LogP contribution in [0.25, 0.3) is 0 Å². The van der Waals surface area contributed by atoms with Crippen molar-refractivity contribution in [2.75, 3.05) is 0 Å². The lowest BCUT2D eigenvalue weighted by Crippen LogP contribution is -1.97. The van der Waals surface area contributed by atoms with E-state index >= 15 is 0 Å². The van der Waals surface area contributed by atoms with Gasteiger partial charge in [0.2, 0.25) is 0 Å². The van der Waals surface area contributed by atoms with Crippen molar-refractivity contribution < 1.29 is 0 Å². The van der Waals surface area contributed by atoms with Gasteiger partial charge in [-0.2, -0.15) is 0 Å². The van der Waals surface area contributed by atoms with E-state index in [1.54, 1.807) is 11.1 Å². The first-order valence-electron chi connectivity index (χ1n) is 7.96. The zero-order valence-electron chi connectivity index (χ0n) is 13.1. The predicted molar refractivity (Wildman–Crippen MR) is 84.3 cm³/mol. The summed E-state index contributed by atoms with van der Waals surface area (Å²) in [6.07, 6.45) is 8.30. The van der Waals surface area contributed by atoms with Crippen molar-refractivity contribution >= 4 is 0 Å². The van der Waals surface area contributed by atoms with Gasteiger partial charge in [-0.25, -0.2) is 0 Å². The highest BCUT2D eigenvalue weighted by atomic mass is 14.2. The molecule has 2 rings (SSSR count). The molecule has 1 unspecified atom stereocenters. The smallest absolute Gasteiger partial charge is 0.0188 e. The molecule has 1 aromatic rings. The Balaban J connectivity index is 0.000000659. The van der Waals surface area contributed by atoms with Crippen molar-refractivity contribution in [3.63, 3.8) is 0 Å². The van der Waals surface area contributed by atoms with Crippen LogP contribution in [0.5, 0.6) is 0 Å². The van der Waals surface area contributed by atoms with Gasteiger partial charge in [-0.3, -0.25) is 0 Å². The lowest BCUT2D eigenvalue weighted by atomic mass is 9.91. The summed E-state index contributed by atoms with van der Waals surface area (Å²) in [5.74, 6) is 0.768. The average Bonchev–Trinajstić information content (AvgIpc) is 2.55. The van der Waals surface area contributed by atoms with Gasteiger partial charge >= 0.3 is 0 Å². The molecule has 0 saturated carbocycles. The maximum atomic E-state index is 2.38. The van der Waals surface area contributed by atoms with Gasteiger partial charge in [0.25, 0.3) is 0 Å². The van der Waals surface area contributed by atoms with E-state index in [0.717, 1.165) is 5.92 Å². The molecular formula is C18H32. The summed E-state index contributed by atoms with van der Waals surface area (Å²) >= 11 is 0. The third-order valence-corrected chi connectivity index (χ3v) is 3.42. The van der Waals surface area contributed by atoms with Gasteiger partial charge in [0.05, 0.1) is 0 Å². The molecule has 104 valence electrons. The summed E-state index contributed by atoms with van der Waals surface area (Å²) in [6, 6.07) is 9.01. The largest absolute Gasteiger partial charge is 0.0683 e. The van der Waals surface area contributed by atoms with Crippen molar-refractivity contribution in [3.8, 4) is 0 Å². The maximum absolute atomic E-state index is 2.38. The summed E-state index contributed by atoms with van der Waals surface area (Å²) < 4.78 is 0. The molecule has 1 aliphatic rings. The van der Waals surface area contributed by atoms with Crippen molar-refractivity contribution in [2.45, 2.75) is 79.1 Å². The molecule has 0 radical (unpaired) electrons. The standard InChI is InChI=1S/C14H20.2C2H6/c1-12-8-4-2-3-5-9-13-10-6-7-11-14(12)13;2*1-2/h6-7,10-12H,2-5,8-9H2,1H3;2*1-2H3. The van der Waals surface area contributed by atoms with Crippen molar-refractivity contribution in [1.29, 1.82) is 0 Å². The van der Waals surface area contributed by atoms with Gasteiger partial charge < -0.3 is 0 Å². The molecule has 0 saturated heterocycles. The fraction of sp³-hybridized carbons (Fsp3) is 0.667. The minimum Gasteiger partial charge on any atom is -0.0683 e. The first-order chi connectivity index (χ1) is 8.88. The van der Waals surface area contributed by atoms with Gasteiger partial charge in [0.15, 0.2) is 0 Å². The molecule has 1 aromatic carbocycles. The Hall–Kier alpha value is -0.780. The first kappa shape index (κ1) is 17.2. The number of rotatable bonds is 0. The van der Waals surface area contributed by atoms with E-state index in [2.05, 4.69) is 31.2 Å². The van der Waals surface area contributed by atoms with Crippen LogP contribution in [0.15, 0.2) is 24.3 Å². The number of hydrogen-bond donors (Lipinski definition) is 0. The van der Waals surface area contributed by atoms with Gasteiger partial charge in [0.1, 0.15) is 0 Å². The topological polar surface area (TPSA) is 0 Å². The first-order valence-corrected chi connectivity index (χ1v) is 7.96. The monoisotopic (exact) mass is 248 g/mol. The lowest BCUT2D eigenvalue weighted by molar-refractivity contribution is 0.587. The van der Waals surface area contributed by atoms with Crippen molar-refractivity contribution in [1.82, 2.24) is 0 Å². The Labute approximate surface area is 115 Å². The van der Waals surface area contributed by atoms with Gasteiger partial charge in [-0.1, -0.05) is 78.1 Å². The van der Waals surface area contributed by atoms with Gasteiger partial charge in [-0.15, -0.1) is 0 Å². The summed E-state index contributed by atoms with van der Waals surface area (Å²) in [7, 11) is 0. The number of benzene rings is 1. The SMILES string of the molecule is CC.CC.CC1CCCCCCc2ccccc21. The Morgan fingerprint density at radius 1 is 0.833 bits per heavy atom. The van der Waals surface area contributed by atoms with Crippen LogP contribution in [0.3, 0.4) is 0 Å². The van der Waals surface area contributed by atoms with Crippen molar-refractivity contribution in [3.05, 3.63) is 35.4 Å². The Bertz CT molecular complexity index is 288. The van der Waals surface area contributed by atoms with Crippen LogP contribution in [0.4, 0.5) is 0 Å². The van der Waals surface area contributed by atoms with E-state index in [4.69, 9.17) is 0 Å². The van der Waals surface area contributed by atoms with Crippen LogP contribution in [-0.2, 0) is 6.42 Å². The number of fused-ring (bicyclic) bond motifs is 1. The molecule has 1 atom stereocenters. The Kier molecular flexibility index (Phi) is 10.8. The average molecular weight is 248 g/mol. The molecule has 0 fully saturated rings. The molecule has 0 bridgehead atoms. The third-order valence-electron chi connectivity index (χ3n) is 3.42. The molecule has 0 spiro atoms. The van der Waals surface area contributed by atoms with E-state index in [0.29, 0.717) is 0 Å². The van der Waals surface area contributed by atoms with E-state index in [9.17, 15) is 0 Å². The minimum atomic E-state index is 0.768. The van der Waals surface area contributed by atoms with E-state index in [1.807, 2.05) is 27.7 Å². The molecule has 0 heteroatoms. The van der Waals surface area contributed by atoms with Crippen molar-refractivity contribution in [2.24, 2.45) is 0 Å². The molecule has 0 N–H and O–H groups in total. The second-order valence-electron chi connectivity index (χ2n) is 4.55. The van der Waals surface area contributed by atoms with Crippen LogP contribution in [0.2, 0.25) is 0 Å². The zero-order valence-corrected chi connectivity index (χ0v) is 13.1. The highest BCUT2D eigenvalue weighted by molar-refractivity contribution is 5.30. The maximum Gasteiger partial charge on any atom is -0.0188 e. The molecule has 0 amide bonds. The molecule has 0 nitrogen and oxygen atoms in total. The van der Waals surface area contributed by atoms with E-state index in [-0.39, 0.29) is 0 Å². The molecule has 0 aliphatic heterocycles. The van der Waals surface area contributed by atoms with E-state index < -0.39 is 0 Å². The third kappa shape index (κ3) is 5.71. The molecular weight excluding hydrogens is 216 g/mol. The second-order valence-corrected chi connectivity index (χ2v) is 4.55. The van der Waals surface area contributed by atoms with Crippen LogP contribution in [0.1, 0.15) is 83.8 Å². The summed E-state index contributed by atoms with van der Waals surface area (Å²) in [5.41, 5.74) is 3.20. The minimum absolute atomic E-state index is 0.768. The Morgan fingerprint density at radius 3 is 2.17 bits per heavy atom. The summed E-state index contributed by atoms with van der Waals surface area (Å²) in [5, 5.41) is 0. The molecule has 18 heavy (non-hydrogen) atoms. The predicted octanol–water partition coefficient (Wildman–Crippen LogP) is 6.35. The van der Waals surface area contributed by atoms with Crippen LogP contribution in [0, 0.1) is 0 Å². The van der Waals surface area contributed by atoms with E-state index in [1.165, 1.54) is 38.5 Å². The lowest BCUT2D eigenvalue weighted by Gasteiger charge is -2.14. The zero-order chi connectivity index (χ0) is 13.8. The fourth-order valence-electron chi connectivity index (χ4n) is 2.52. The quantitative estimate of drug-likeness (QED) is 0.502. The number of hydrogen-bond acceptors (Lipinski definition) is 0. The second kappa shape index (κ2) is 11.3. The molecule has 0 heterocycles. The number of aryl methyl sites for hydroxylation is 1. The highest BCUT2D eigenvalue weighted by Crippen LogP contribution is 2.28. The molecule has 1 aliphatic carbocycles. The van der Waals surface area contributed by atoms with Gasteiger partial charge in [-0.05, 0) is 36.3 Å². The molecule has 0 aromatic heterocycles. The Morgan fingerprint density at radius 2 is 1.44 bits per heavy atom. The fourth-order valence-corrected chi connectivity index (χ4v) is 2.52. The summed E-state index contributed by atoms with van der Waals surface area (Å²) in [4.78, 5) is 0. The van der Waals surface area contributed by atoms with Crippen LogP contribution < -0.4 is 0 Å². The van der Waals surface area contributed by atoms with Crippen LogP contribution >= 0.6 is 0 Å². The highest BCUT2D eigenvalue weighted by Gasteiger charge is 2.11. The van der Waals surface area contributed by atoms with Gasteiger partial charge in [0, 0.05) is 0 Å². The van der Waals surface area contributed by atoms with Crippen LogP contribution in [-0.4, -0.2) is 0 Å². The summed E-state index contributed by atoms with van der Waals surface area (Å²) in [6.45, 7) is 10.4. The normalized spacial score (nSPS) is 18.6.